The molecule has 184 valence electrons. The van der Waals surface area contributed by atoms with Gasteiger partial charge in [-0.15, -0.1) is 0 Å². The summed E-state index contributed by atoms with van der Waals surface area (Å²) in [5.74, 6) is -0.877. The number of aromatic nitrogens is 1. The number of urea groups is 1. The predicted molar refractivity (Wildman–Crippen MR) is 134 cm³/mol. The lowest BCUT2D eigenvalue weighted by Gasteiger charge is -2.42. The van der Waals surface area contributed by atoms with E-state index in [1.165, 1.54) is 29.5 Å². The molecular formula is C24H37N3O4S2. The lowest BCUT2D eigenvalue weighted by molar-refractivity contribution is -0.138. The molecule has 2 aliphatic carbocycles. The van der Waals surface area contributed by atoms with Crippen LogP contribution in [0.5, 0.6) is 0 Å². The second-order valence-electron chi connectivity index (χ2n) is 9.73. The Bertz CT molecular complexity index is 827. The Labute approximate surface area is 205 Å². The first-order valence-corrected chi connectivity index (χ1v) is 13.5. The molecule has 33 heavy (non-hydrogen) atoms. The van der Waals surface area contributed by atoms with E-state index in [1.54, 1.807) is 20.0 Å². The zero-order chi connectivity index (χ0) is 24.0. The summed E-state index contributed by atoms with van der Waals surface area (Å²) in [7, 11) is 0. The van der Waals surface area contributed by atoms with Crippen molar-refractivity contribution in [2.75, 3.05) is 11.9 Å². The molecule has 1 aromatic heterocycles. The molecule has 0 saturated heterocycles. The average molecular weight is 496 g/mol. The minimum atomic E-state index is -0.952. The summed E-state index contributed by atoms with van der Waals surface area (Å²) in [5.41, 5.74) is 1.04. The standard InChI is InChI=1S/C24H37N3O4S2/c1-16(2)15-31-19-12-10-18(11-13-19)27(17-8-6-5-7-9-17)23(30)26-22-25-14-20(32-22)33-24(3,4)21(28)29/h14,17-19H,1,5-13,15H2,2-4H3,(H,28,29)(H,25,26,30)/t18-,19-. The summed E-state index contributed by atoms with van der Waals surface area (Å²) in [4.78, 5) is 31.3. The topological polar surface area (TPSA) is 91.8 Å². The number of carboxylic acids is 1. The van der Waals surface area contributed by atoms with Crippen LogP contribution in [0.25, 0.3) is 0 Å². The van der Waals surface area contributed by atoms with Crippen molar-refractivity contribution in [3.63, 3.8) is 0 Å². The number of aliphatic carboxylic acids is 1. The van der Waals surface area contributed by atoms with Crippen LogP contribution in [0.2, 0.25) is 0 Å². The maximum Gasteiger partial charge on any atom is 0.324 e. The number of carbonyl (C=O) groups is 2. The lowest BCUT2D eigenvalue weighted by atomic mass is 9.88. The van der Waals surface area contributed by atoms with Gasteiger partial charge in [0.1, 0.15) is 4.75 Å². The van der Waals surface area contributed by atoms with Gasteiger partial charge < -0.3 is 14.7 Å². The molecule has 3 rings (SSSR count). The summed E-state index contributed by atoms with van der Waals surface area (Å²) in [6, 6.07) is 0.380. The first-order valence-electron chi connectivity index (χ1n) is 11.9. The Balaban J connectivity index is 1.64. The molecule has 0 aromatic carbocycles. The third-order valence-corrected chi connectivity index (χ3v) is 8.57. The van der Waals surface area contributed by atoms with E-state index in [2.05, 4.69) is 21.8 Å². The van der Waals surface area contributed by atoms with Crippen LogP contribution in [0.3, 0.4) is 0 Å². The zero-order valence-corrected chi connectivity index (χ0v) is 21.6. The highest BCUT2D eigenvalue weighted by Crippen LogP contribution is 2.38. The smallest absolute Gasteiger partial charge is 0.324 e. The number of anilines is 1. The number of hydrogen-bond donors (Lipinski definition) is 2. The average Bonchev–Trinajstić information content (AvgIpc) is 3.19. The van der Waals surface area contributed by atoms with Gasteiger partial charge in [0.05, 0.1) is 23.1 Å². The van der Waals surface area contributed by atoms with Crippen LogP contribution >= 0.6 is 23.1 Å². The molecule has 1 aromatic rings. The number of amides is 2. The van der Waals surface area contributed by atoms with Crippen LogP contribution in [-0.4, -0.2) is 56.5 Å². The van der Waals surface area contributed by atoms with E-state index < -0.39 is 10.7 Å². The number of thioether (sulfide) groups is 1. The van der Waals surface area contributed by atoms with Crippen molar-refractivity contribution in [1.82, 2.24) is 9.88 Å². The molecular weight excluding hydrogens is 458 g/mol. The molecule has 0 atom stereocenters. The normalized spacial score (nSPS) is 22.0. The second kappa shape index (κ2) is 11.7. The van der Waals surface area contributed by atoms with Crippen LogP contribution < -0.4 is 5.32 Å². The second-order valence-corrected chi connectivity index (χ2v) is 12.7. The molecule has 0 radical (unpaired) electrons. The minimum absolute atomic E-state index is 0.0865. The van der Waals surface area contributed by atoms with E-state index in [0.717, 1.165) is 61.1 Å². The number of carboxylic acid groups (broad SMARTS) is 1. The van der Waals surface area contributed by atoms with Crippen LogP contribution in [-0.2, 0) is 9.53 Å². The number of ether oxygens (including phenoxy) is 1. The van der Waals surface area contributed by atoms with Crippen molar-refractivity contribution in [1.29, 1.82) is 0 Å². The molecule has 2 amide bonds. The number of carbonyl (C=O) groups excluding carboxylic acids is 1. The van der Waals surface area contributed by atoms with Gasteiger partial charge >= 0.3 is 12.0 Å². The molecule has 0 aliphatic heterocycles. The fourth-order valence-corrected chi connectivity index (χ4v) is 6.82. The van der Waals surface area contributed by atoms with Crippen molar-refractivity contribution in [2.45, 2.75) is 106 Å². The molecule has 2 aliphatic rings. The van der Waals surface area contributed by atoms with Crippen molar-refractivity contribution in [3.8, 4) is 0 Å². The molecule has 0 unspecified atom stereocenters. The van der Waals surface area contributed by atoms with Crippen LogP contribution in [0.15, 0.2) is 22.6 Å². The van der Waals surface area contributed by atoms with Crippen molar-refractivity contribution >= 4 is 40.2 Å². The van der Waals surface area contributed by atoms with Crippen LogP contribution in [0, 0.1) is 0 Å². The maximum atomic E-state index is 13.4. The molecule has 0 spiro atoms. The molecule has 1 heterocycles. The number of thiazole rings is 1. The Morgan fingerprint density at radius 2 is 1.85 bits per heavy atom. The summed E-state index contributed by atoms with van der Waals surface area (Å²) < 4.78 is 5.79. The lowest BCUT2D eigenvalue weighted by Crippen LogP contribution is -2.51. The van der Waals surface area contributed by atoms with Gasteiger partial charge in [0, 0.05) is 12.1 Å². The number of rotatable bonds is 9. The fraction of sp³-hybridized carbons (Fsp3) is 0.708. The molecule has 0 bridgehead atoms. The third kappa shape index (κ3) is 7.45. The van der Waals surface area contributed by atoms with Crippen LogP contribution in [0.1, 0.15) is 78.6 Å². The van der Waals surface area contributed by atoms with E-state index >= 15 is 0 Å². The molecule has 2 N–H and O–H groups in total. The summed E-state index contributed by atoms with van der Waals surface area (Å²) in [6.07, 6.45) is 11.3. The van der Waals surface area contributed by atoms with E-state index in [1.807, 2.05) is 6.92 Å². The molecule has 2 saturated carbocycles. The maximum absolute atomic E-state index is 13.4. The number of nitrogens with zero attached hydrogens (tertiary/aromatic N) is 2. The van der Waals surface area contributed by atoms with E-state index in [9.17, 15) is 14.7 Å². The highest BCUT2D eigenvalue weighted by atomic mass is 32.2. The number of hydrogen-bond acceptors (Lipinski definition) is 6. The SMILES string of the molecule is C=C(C)CO[C@H]1CC[C@H](N(C(=O)Nc2ncc(SC(C)(C)C(=O)O)s2)C2CCCCC2)CC1. The summed E-state index contributed by atoms with van der Waals surface area (Å²) in [5, 5.41) is 12.9. The van der Waals surface area contributed by atoms with Crippen molar-refractivity contribution in [2.24, 2.45) is 0 Å². The van der Waals surface area contributed by atoms with Crippen molar-refractivity contribution < 1.29 is 19.4 Å². The van der Waals surface area contributed by atoms with Crippen LogP contribution in [0.4, 0.5) is 9.93 Å². The Morgan fingerprint density at radius 1 is 1.21 bits per heavy atom. The molecule has 9 heteroatoms. The van der Waals surface area contributed by atoms with Gasteiger partial charge in [-0.25, -0.2) is 9.78 Å². The van der Waals surface area contributed by atoms with Gasteiger partial charge in [-0.05, 0) is 59.3 Å². The van der Waals surface area contributed by atoms with Gasteiger partial charge in [-0.2, -0.15) is 0 Å². The summed E-state index contributed by atoms with van der Waals surface area (Å²) >= 11 is 2.57. The predicted octanol–water partition coefficient (Wildman–Crippen LogP) is 6.17. The minimum Gasteiger partial charge on any atom is -0.480 e. The van der Waals surface area contributed by atoms with Crippen molar-refractivity contribution in [3.05, 3.63) is 18.3 Å². The van der Waals surface area contributed by atoms with Gasteiger partial charge in [0.15, 0.2) is 5.13 Å². The molecule has 7 nitrogen and oxygen atoms in total. The summed E-state index contributed by atoms with van der Waals surface area (Å²) in [6.45, 7) is 9.83. The highest BCUT2D eigenvalue weighted by Gasteiger charge is 2.35. The largest absolute Gasteiger partial charge is 0.480 e. The number of nitrogens with one attached hydrogen (secondary N) is 1. The van der Waals surface area contributed by atoms with Gasteiger partial charge in [0.2, 0.25) is 0 Å². The van der Waals surface area contributed by atoms with E-state index in [-0.39, 0.29) is 24.2 Å². The van der Waals surface area contributed by atoms with E-state index in [4.69, 9.17) is 4.74 Å². The monoisotopic (exact) mass is 495 g/mol. The quantitative estimate of drug-likeness (QED) is 0.314. The highest BCUT2D eigenvalue weighted by molar-refractivity contribution is 8.03. The Kier molecular flexibility index (Phi) is 9.24. The zero-order valence-electron chi connectivity index (χ0n) is 20.0. The Morgan fingerprint density at radius 3 is 2.45 bits per heavy atom. The Hall–Kier alpha value is -1.58. The van der Waals surface area contributed by atoms with E-state index in [0.29, 0.717) is 11.7 Å². The van der Waals surface area contributed by atoms with Gasteiger partial charge in [0.25, 0.3) is 0 Å². The molecule has 2 fully saturated rings. The third-order valence-electron chi connectivity index (χ3n) is 6.37. The fourth-order valence-electron chi connectivity index (χ4n) is 4.55. The van der Waals surface area contributed by atoms with Gasteiger partial charge in [-0.3, -0.25) is 10.1 Å². The first-order chi connectivity index (χ1) is 15.7. The van der Waals surface area contributed by atoms with Gasteiger partial charge in [-0.1, -0.05) is 54.5 Å². The first kappa shape index (κ1) is 26.0.